The fourth-order valence-electron chi connectivity index (χ4n) is 2.36. The van der Waals surface area contributed by atoms with Crippen LogP contribution in [-0.4, -0.2) is 29.3 Å². The van der Waals surface area contributed by atoms with Gasteiger partial charge in [0, 0.05) is 41.7 Å². The van der Waals surface area contributed by atoms with E-state index in [1.54, 1.807) is 19.5 Å². The fourth-order valence-corrected chi connectivity index (χ4v) is 2.36. The summed E-state index contributed by atoms with van der Waals surface area (Å²) < 4.78 is 5.45. The molecule has 0 aliphatic carbocycles. The number of ether oxygens (including phenoxy) is 1. The van der Waals surface area contributed by atoms with E-state index >= 15 is 0 Å². The van der Waals surface area contributed by atoms with Crippen LogP contribution >= 0.6 is 0 Å². The number of pyridine rings is 1. The van der Waals surface area contributed by atoms with Gasteiger partial charge in [-0.2, -0.15) is 10.2 Å². The second kappa shape index (κ2) is 6.43. The standard InChI is InChI=1S/C15H20N4O/c1-10-8-17-13(11(2)15(10)20-4)7-14(16-3)12-5-6-18-19-9-12/h5-6,8-9,14,16H,7H2,1-4H3. The minimum atomic E-state index is 0.157. The van der Waals surface area contributed by atoms with Crippen LogP contribution in [-0.2, 0) is 6.42 Å². The van der Waals surface area contributed by atoms with Crippen LogP contribution in [0.5, 0.6) is 5.75 Å². The van der Waals surface area contributed by atoms with Gasteiger partial charge in [-0.15, -0.1) is 0 Å². The first-order valence-electron chi connectivity index (χ1n) is 6.60. The number of likely N-dealkylation sites (N-methyl/N-ethyl adjacent to an activating group) is 1. The lowest BCUT2D eigenvalue weighted by Gasteiger charge is -2.18. The highest BCUT2D eigenvalue weighted by Crippen LogP contribution is 2.26. The number of hydrogen-bond donors (Lipinski definition) is 1. The molecule has 20 heavy (non-hydrogen) atoms. The van der Waals surface area contributed by atoms with Crippen LogP contribution in [0.2, 0.25) is 0 Å². The van der Waals surface area contributed by atoms with E-state index in [1.807, 2.05) is 33.2 Å². The molecule has 106 valence electrons. The van der Waals surface area contributed by atoms with Crippen LogP contribution in [0.3, 0.4) is 0 Å². The monoisotopic (exact) mass is 272 g/mol. The van der Waals surface area contributed by atoms with Crippen molar-refractivity contribution >= 4 is 0 Å². The van der Waals surface area contributed by atoms with E-state index in [0.717, 1.165) is 34.6 Å². The lowest BCUT2D eigenvalue weighted by Crippen LogP contribution is -2.20. The first-order chi connectivity index (χ1) is 9.67. The van der Waals surface area contributed by atoms with Gasteiger partial charge in [0.05, 0.1) is 13.3 Å². The summed E-state index contributed by atoms with van der Waals surface area (Å²) in [6, 6.07) is 2.12. The maximum atomic E-state index is 5.45. The lowest BCUT2D eigenvalue weighted by molar-refractivity contribution is 0.406. The molecule has 0 aliphatic heterocycles. The van der Waals surface area contributed by atoms with E-state index in [1.165, 1.54) is 0 Å². The molecule has 1 N–H and O–H groups in total. The third-order valence-electron chi connectivity index (χ3n) is 3.51. The Balaban J connectivity index is 2.29. The van der Waals surface area contributed by atoms with E-state index < -0.39 is 0 Å². The van der Waals surface area contributed by atoms with Gasteiger partial charge >= 0.3 is 0 Å². The Hall–Kier alpha value is -2.01. The van der Waals surface area contributed by atoms with Gasteiger partial charge in [-0.1, -0.05) is 0 Å². The molecule has 0 saturated carbocycles. The van der Waals surface area contributed by atoms with Crippen LogP contribution in [0.4, 0.5) is 0 Å². The molecule has 0 saturated heterocycles. The molecule has 1 unspecified atom stereocenters. The fraction of sp³-hybridized carbons (Fsp3) is 0.400. The molecule has 0 radical (unpaired) electrons. The molecule has 0 spiro atoms. The smallest absolute Gasteiger partial charge is 0.128 e. The van der Waals surface area contributed by atoms with Crippen molar-refractivity contribution < 1.29 is 4.74 Å². The molecule has 0 aromatic carbocycles. The van der Waals surface area contributed by atoms with Crippen LogP contribution < -0.4 is 10.1 Å². The lowest BCUT2D eigenvalue weighted by atomic mass is 10.0. The van der Waals surface area contributed by atoms with E-state index in [9.17, 15) is 0 Å². The van der Waals surface area contributed by atoms with E-state index in [4.69, 9.17) is 4.74 Å². The summed E-state index contributed by atoms with van der Waals surface area (Å²) >= 11 is 0. The Labute approximate surface area is 119 Å². The van der Waals surface area contributed by atoms with Gasteiger partial charge in [-0.3, -0.25) is 4.98 Å². The van der Waals surface area contributed by atoms with Crippen molar-refractivity contribution in [3.05, 3.63) is 47.0 Å². The second-order valence-electron chi connectivity index (χ2n) is 4.77. The minimum Gasteiger partial charge on any atom is -0.496 e. The number of nitrogens with one attached hydrogen (secondary N) is 1. The van der Waals surface area contributed by atoms with Crippen LogP contribution in [0.1, 0.15) is 28.4 Å². The number of hydrogen-bond acceptors (Lipinski definition) is 5. The molecule has 0 fully saturated rings. The molecule has 1 atom stereocenters. The summed E-state index contributed by atoms with van der Waals surface area (Å²) in [5.74, 6) is 0.915. The van der Waals surface area contributed by atoms with E-state index in [2.05, 4.69) is 20.5 Å². The average molecular weight is 272 g/mol. The van der Waals surface area contributed by atoms with Gasteiger partial charge in [-0.05, 0) is 32.5 Å². The zero-order valence-corrected chi connectivity index (χ0v) is 12.3. The summed E-state index contributed by atoms with van der Waals surface area (Å²) in [6.45, 7) is 4.05. The maximum Gasteiger partial charge on any atom is 0.128 e. The summed E-state index contributed by atoms with van der Waals surface area (Å²) in [6.07, 6.45) is 6.13. The molecule has 0 amide bonds. The molecule has 5 heteroatoms. The predicted molar refractivity (Wildman–Crippen MR) is 77.8 cm³/mol. The quantitative estimate of drug-likeness (QED) is 0.902. The molecule has 2 aromatic rings. The summed E-state index contributed by atoms with van der Waals surface area (Å²) in [7, 11) is 3.63. The largest absolute Gasteiger partial charge is 0.496 e. The average Bonchev–Trinajstić information content (AvgIpc) is 2.48. The minimum absolute atomic E-state index is 0.157. The molecule has 0 bridgehead atoms. The summed E-state index contributed by atoms with van der Waals surface area (Å²) in [5.41, 5.74) is 4.28. The third-order valence-corrected chi connectivity index (χ3v) is 3.51. The highest BCUT2D eigenvalue weighted by molar-refractivity contribution is 5.41. The Morgan fingerprint density at radius 2 is 2.05 bits per heavy atom. The van der Waals surface area contributed by atoms with E-state index in [-0.39, 0.29) is 6.04 Å². The number of nitrogens with zero attached hydrogens (tertiary/aromatic N) is 3. The van der Waals surface area contributed by atoms with Gasteiger partial charge in [-0.25, -0.2) is 0 Å². The zero-order chi connectivity index (χ0) is 14.5. The maximum absolute atomic E-state index is 5.45. The molecule has 2 rings (SSSR count). The Morgan fingerprint density at radius 1 is 1.25 bits per heavy atom. The summed E-state index contributed by atoms with van der Waals surface area (Å²) in [4.78, 5) is 4.54. The SMILES string of the molecule is CNC(Cc1ncc(C)c(OC)c1C)c1ccnnc1. The summed E-state index contributed by atoms with van der Waals surface area (Å²) in [5, 5.41) is 11.0. The Kier molecular flexibility index (Phi) is 4.63. The topological polar surface area (TPSA) is 59.9 Å². The van der Waals surface area contributed by atoms with Gasteiger partial charge in [0.2, 0.25) is 0 Å². The van der Waals surface area contributed by atoms with Crippen molar-refractivity contribution in [1.29, 1.82) is 0 Å². The molecular weight excluding hydrogens is 252 g/mol. The van der Waals surface area contributed by atoms with Gasteiger partial charge < -0.3 is 10.1 Å². The predicted octanol–water partition coefficient (Wildman–Crippen LogP) is 2.00. The van der Waals surface area contributed by atoms with Gasteiger partial charge in [0.1, 0.15) is 5.75 Å². The van der Waals surface area contributed by atoms with E-state index in [0.29, 0.717) is 0 Å². The molecule has 5 nitrogen and oxygen atoms in total. The Bertz CT molecular complexity index is 572. The van der Waals surface area contributed by atoms with Gasteiger partial charge in [0.15, 0.2) is 0 Å². The number of rotatable bonds is 5. The van der Waals surface area contributed by atoms with Gasteiger partial charge in [0.25, 0.3) is 0 Å². The van der Waals surface area contributed by atoms with Crippen molar-refractivity contribution in [3.8, 4) is 5.75 Å². The van der Waals surface area contributed by atoms with Crippen LogP contribution in [0, 0.1) is 13.8 Å². The van der Waals surface area contributed by atoms with Crippen molar-refractivity contribution in [2.45, 2.75) is 26.3 Å². The van der Waals surface area contributed by atoms with Crippen molar-refractivity contribution in [2.24, 2.45) is 0 Å². The zero-order valence-electron chi connectivity index (χ0n) is 12.3. The van der Waals surface area contributed by atoms with Crippen LogP contribution in [0.15, 0.2) is 24.7 Å². The normalized spacial score (nSPS) is 12.2. The second-order valence-corrected chi connectivity index (χ2v) is 4.77. The molecule has 0 aliphatic rings. The number of aryl methyl sites for hydroxylation is 1. The third kappa shape index (κ3) is 2.93. The van der Waals surface area contributed by atoms with Crippen molar-refractivity contribution in [2.75, 3.05) is 14.2 Å². The molecular formula is C15H20N4O. The number of aromatic nitrogens is 3. The molecule has 2 aromatic heterocycles. The van der Waals surface area contributed by atoms with Crippen molar-refractivity contribution in [1.82, 2.24) is 20.5 Å². The van der Waals surface area contributed by atoms with Crippen molar-refractivity contribution in [3.63, 3.8) is 0 Å². The number of methoxy groups -OCH3 is 1. The molecule has 2 heterocycles. The highest BCUT2D eigenvalue weighted by Gasteiger charge is 2.15. The first kappa shape index (κ1) is 14.4. The first-order valence-corrected chi connectivity index (χ1v) is 6.60. The Morgan fingerprint density at radius 3 is 2.65 bits per heavy atom. The van der Waals surface area contributed by atoms with Crippen LogP contribution in [0.25, 0.3) is 0 Å². The highest BCUT2D eigenvalue weighted by atomic mass is 16.5.